The Morgan fingerprint density at radius 1 is 1.47 bits per heavy atom. The first-order valence-electron chi connectivity index (χ1n) is 6.06. The van der Waals surface area contributed by atoms with E-state index in [1.807, 2.05) is 18.7 Å². The SMILES string of the molecule is CC.CCCN1C(COC)CCC1(C)F. The lowest BCUT2D eigenvalue weighted by Crippen LogP contribution is -2.44. The van der Waals surface area contributed by atoms with Gasteiger partial charge in [-0.05, 0) is 26.2 Å². The molecule has 3 heteroatoms. The van der Waals surface area contributed by atoms with E-state index in [1.54, 1.807) is 14.0 Å². The molecule has 0 aromatic heterocycles. The van der Waals surface area contributed by atoms with E-state index in [2.05, 4.69) is 6.92 Å². The number of ether oxygens (including phenoxy) is 1. The fourth-order valence-corrected chi connectivity index (χ4v) is 2.13. The molecule has 1 rings (SSSR count). The maximum Gasteiger partial charge on any atom is 0.161 e. The van der Waals surface area contributed by atoms with Crippen molar-refractivity contribution in [3.63, 3.8) is 0 Å². The van der Waals surface area contributed by atoms with E-state index in [0.29, 0.717) is 13.0 Å². The van der Waals surface area contributed by atoms with E-state index in [0.717, 1.165) is 19.4 Å². The second kappa shape index (κ2) is 7.18. The third-order valence-electron chi connectivity index (χ3n) is 2.80. The second-order valence-electron chi connectivity index (χ2n) is 3.98. The molecular formula is C12H26FNO. The maximum atomic E-state index is 13.9. The van der Waals surface area contributed by atoms with Crippen molar-refractivity contribution < 1.29 is 9.13 Å². The Morgan fingerprint density at radius 3 is 2.53 bits per heavy atom. The zero-order valence-electron chi connectivity index (χ0n) is 10.8. The van der Waals surface area contributed by atoms with Crippen LogP contribution in [-0.4, -0.2) is 37.0 Å². The Kier molecular flexibility index (Phi) is 7.11. The monoisotopic (exact) mass is 219 g/mol. The van der Waals surface area contributed by atoms with Gasteiger partial charge in [-0.25, -0.2) is 4.39 Å². The maximum absolute atomic E-state index is 13.9. The van der Waals surface area contributed by atoms with Gasteiger partial charge in [0.1, 0.15) is 0 Å². The largest absolute Gasteiger partial charge is 0.383 e. The summed E-state index contributed by atoms with van der Waals surface area (Å²) >= 11 is 0. The van der Waals surface area contributed by atoms with Crippen molar-refractivity contribution in [2.24, 2.45) is 0 Å². The first kappa shape index (κ1) is 14.8. The fraction of sp³-hybridized carbons (Fsp3) is 1.00. The van der Waals surface area contributed by atoms with Crippen LogP contribution in [-0.2, 0) is 4.74 Å². The van der Waals surface area contributed by atoms with Crippen LogP contribution in [0.2, 0.25) is 0 Å². The van der Waals surface area contributed by atoms with E-state index < -0.39 is 5.79 Å². The Morgan fingerprint density at radius 2 is 2.07 bits per heavy atom. The van der Waals surface area contributed by atoms with E-state index in [1.165, 1.54) is 0 Å². The van der Waals surface area contributed by atoms with Crippen molar-refractivity contribution >= 4 is 0 Å². The highest BCUT2D eigenvalue weighted by Crippen LogP contribution is 2.34. The number of rotatable bonds is 4. The van der Waals surface area contributed by atoms with Crippen LogP contribution >= 0.6 is 0 Å². The molecule has 0 N–H and O–H groups in total. The van der Waals surface area contributed by atoms with Crippen LogP contribution < -0.4 is 0 Å². The van der Waals surface area contributed by atoms with Gasteiger partial charge in [0.15, 0.2) is 5.79 Å². The Bertz CT molecular complexity index is 162. The molecule has 92 valence electrons. The van der Waals surface area contributed by atoms with E-state index in [4.69, 9.17) is 4.74 Å². The molecule has 15 heavy (non-hydrogen) atoms. The molecule has 0 aromatic carbocycles. The molecule has 0 radical (unpaired) electrons. The van der Waals surface area contributed by atoms with Gasteiger partial charge in [-0.2, -0.15) is 0 Å². The van der Waals surface area contributed by atoms with E-state index in [9.17, 15) is 4.39 Å². The van der Waals surface area contributed by atoms with E-state index >= 15 is 0 Å². The van der Waals surface area contributed by atoms with Gasteiger partial charge in [-0.15, -0.1) is 0 Å². The van der Waals surface area contributed by atoms with Crippen molar-refractivity contribution in [1.29, 1.82) is 0 Å². The molecule has 1 aliphatic heterocycles. The molecule has 1 saturated heterocycles. The van der Waals surface area contributed by atoms with Crippen LogP contribution in [0.1, 0.15) is 47.0 Å². The van der Waals surface area contributed by atoms with Crippen molar-refractivity contribution in [2.75, 3.05) is 20.3 Å². The molecule has 2 unspecified atom stereocenters. The van der Waals surface area contributed by atoms with Crippen molar-refractivity contribution in [2.45, 2.75) is 58.8 Å². The lowest BCUT2D eigenvalue weighted by atomic mass is 10.2. The molecule has 0 bridgehead atoms. The molecular weight excluding hydrogens is 193 g/mol. The summed E-state index contributed by atoms with van der Waals surface area (Å²) < 4.78 is 19.0. The van der Waals surface area contributed by atoms with Gasteiger partial charge in [0.25, 0.3) is 0 Å². The average molecular weight is 219 g/mol. The van der Waals surface area contributed by atoms with Crippen LogP contribution in [0.4, 0.5) is 4.39 Å². The lowest BCUT2D eigenvalue weighted by Gasteiger charge is -2.31. The number of methoxy groups -OCH3 is 1. The van der Waals surface area contributed by atoms with Crippen molar-refractivity contribution in [3.8, 4) is 0 Å². The summed E-state index contributed by atoms with van der Waals surface area (Å²) in [6, 6.07) is 0.278. The summed E-state index contributed by atoms with van der Waals surface area (Å²) in [6.45, 7) is 9.25. The third-order valence-corrected chi connectivity index (χ3v) is 2.80. The minimum absolute atomic E-state index is 0.278. The van der Waals surface area contributed by atoms with Gasteiger partial charge < -0.3 is 4.74 Å². The lowest BCUT2D eigenvalue weighted by molar-refractivity contribution is -0.0201. The fourth-order valence-electron chi connectivity index (χ4n) is 2.13. The average Bonchev–Trinajstić information content (AvgIpc) is 2.49. The standard InChI is InChI=1S/C10H20FNO.C2H6/c1-4-7-12-9(8-13-3)5-6-10(12,2)11;1-2/h9H,4-8H2,1-3H3;1-2H3. The molecule has 0 saturated carbocycles. The predicted molar refractivity (Wildman–Crippen MR) is 62.8 cm³/mol. The zero-order chi connectivity index (χ0) is 11.9. The number of hydrogen-bond acceptors (Lipinski definition) is 2. The number of nitrogens with zero attached hydrogens (tertiary/aromatic N) is 1. The number of halogens is 1. The van der Waals surface area contributed by atoms with Crippen LogP contribution in [0.5, 0.6) is 0 Å². The van der Waals surface area contributed by atoms with Crippen molar-refractivity contribution in [1.82, 2.24) is 4.90 Å². The molecule has 2 nitrogen and oxygen atoms in total. The van der Waals surface area contributed by atoms with Crippen molar-refractivity contribution in [3.05, 3.63) is 0 Å². The molecule has 1 aliphatic rings. The summed E-state index contributed by atoms with van der Waals surface area (Å²) in [5.74, 6) is -1.11. The second-order valence-corrected chi connectivity index (χ2v) is 3.98. The normalized spacial score (nSPS) is 31.2. The molecule has 2 atom stereocenters. The third kappa shape index (κ3) is 4.07. The Hall–Kier alpha value is -0.150. The highest BCUT2D eigenvalue weighted by atomic mass is 19.1. The topological polar surface area (TPSA) is 12.5 Å². The predicted octanol–water partition coefficient (Wildman–Crippen LogP) is 3.22. The molecule has 0 aliphatic carbocycles. The first-order valence-corrected chi connectivity index (χ1v) is 6.06. The summed E-state index contributed by atoms with van der Waals surface area (Å²) in [6.07, 6.45) is 2.56. The van der Waals surface area contributed by atoms with Gasteiger partial charge in [0.2, 0.25) is 0 Å². The number of hydrogen-bond donors (Lipinski definition) is 0. The molecule has 1 fully saturated rings. The smallest absolute Gasteiger partial charge is 0.161 e. The molecule has 0 amide bonds. The van der Waals surface area contributed by atoms with E-state index in [-0.39, 0.29) is 6.04 Å². The minimum Gasteiger partial charge on any atom is -0.383 e. The molecule has 0 spiro atoms. The Balaban J connectivity index is 0.000000921. The van der Waals surface area contributed by atoms with Crippen LogP contribution in [0.3, 0.4) is 0 Å². The van der Waals surface area contributed by atoms with Crippen LogP contribution in [0.15, 0.2) is 0 Å². The number of likely N-dealkylation sites (tertiary alicyclic amines) is 1. The summed E-state index contributed by atoms with van der Waals surface area (Å²) in [7, 11) is 1.68. The van der Waals surface area contributed by atoms with Gasteiger partial charge >= 0.3 is 0 Å². The number of alkyl halides is 1. The van der Waals surface area contributed by atoms with Gasteiger partial charge in [-0.1, -0.05) is 20.8 Å². The molecule has 0 aromatic rings. The van der Waals surface area contributed by atoms with Crippen LogP contribution in [0.25, 0.3) is 0 Å². The first-order chi connectivity index (χ1) is 7.11. The minimum atomic E-state index is -1.11. The Labute approximate surface area is 93.8 Å². The zero-order valence-corrected chi connectivity index (χ0v) is 10.8. The quantitative estimate of drug-likeness (QED) is 0.673. The van der Waals surface area contributed by atoms with Gasteiger partial charge in [-0.3, -0.25) is 4.90 Å². The van der Waals surface area contributed by atoms with Gasteiger partial charge in [0.05, 0.1) is 6.61 Å². The van der Waals surface area contributed by atoms with Gasteiger partial charge in [0, 0.05) is 19.7 Å². The summed E-state index contributed by atoms with van der Waals surface area (Å²) in [5.41, 5.74) is 0. The summed E-state index contributed by atoms with van der Waals surface area (Å²) in [4.78, 5) is 1.94. The highest BCUT2D eigenvalue weighted by molar-refractivity contribution is 4.90. The van der Waals surface area contributed by atoms with Crippen LogP contribution in [0, 0.1) is 0 Å². The molecule has 1 heterocycles. The highest BCUT2D eigenvalue weighted by Gasteiger charge is 2.42. The summed E-state index contributed by atoms with van der Waals surface area (Å²) in [5, 5.41) is 0.